The van der Waals surface area contributed by atoms with Crippen molar-refractivity contribution in [1.29, 1.82) is 0 Å². The summed E-state index contributed by atoms with van der Waals surface area (Å²) in [6.45, 7) is 20.7. The molecule has 0 aliphatic carbocycles. The van der Waals surface area contributed by atoms with Gasteiger partial charge in [-0.1, -0.05) is 61.8 Å². The van der Waals surface area contributed by atoms with E-state index in [4.69, 9.17) is 4.74 Å². The van der Waals surface area contributed by atoms with Crippen LogP contribution in [0, 0.1) is 10.8 Å². The molecule has 0 bridgehead atoms. The van der Waals surface area contributed by atoms with Crippen LogP contribution in [-0.4, -0.2) is 57.9 Å². The molecule has 0 saturated heterocycles. The number of hydrogen-bond donors (Lipinski definition) is 2. The van der Waals surface area contributed by atoms with Gasteiger partial charge in [0.2, 0.25) is 0 Å². The first kappa shape index (κ1) is 36.0. The van der Waals surface area contributed by atoms with Gasteiger partial charge in [0.15, 0.2) is 21.4 Å². The number of carbonyl (C=O) groups excluding carboxylic acids is 2. The van der Waals surface area contributed by atoms with Crippen molar-refractivity contribution in [3.05, 3.63) is 11.6 Å². The zero-order valence-electron chi connectivity index (χ0n) is 26.6. The number of ketones is 2. The largest absolute Gasteiger partial charge is 0.357 e. The van der Waals surface area contributed by atoms with Gasteiger partial charge in [0.1, 0.15) is 20.1 Å². The molecule has 41 heavy (non-hydrogen) atoms. The van der Waals surface area contributed by atoms with E-state index in [1.807, 2.05) is 48.5 Å². The van der Waals surface area contributed by atoms with E-state index in [-0.39, 0.29) is 37.8 Å². The number of fused-ring (bicyclic) bond motifs is 1. The Balaban J connectivity index is 2.39. The molecule has 4 atom stereocenters. The maximum Gasteiger partial charge on any atom is 0.251 e. The van der Waals surface area contributed by atoms with Crippen molar-refractivity contribution < 1.29 is 31.2 Å². The molecule has 0 spiro atoms. The van der Waals surface area contributed by atoms with Gasteiger partial charge in [-0.3, -0.25) is 9.59 Å². The lowest BCUT2D eigenvalue weighted by Gasteiger charge is -2.45. The molecule has 2 N–H and O–H groups in total. The lowest BCUT2D eigenvalue weighted by atomic mass is 9.61. The van der Waals surface area contributed by atoms with Gasteiger partial charge >= 0.3 is 0 Å². The average Bonchev–Trinajstić information content (AvgIpc) is 3.37. The van der Waals surface area contributed by atoms with Gasteiger partial charge in [-0.05, 0) is 58.1 Å². The zero-order chi connectivity index (χ0) is 31.8. The number of ether oxygens (including phenoxy) is 1. The number of rotatable bonds is 15. The second-order valence-electron chi connectivity index (χ2n) is 12.7. The zero-order valence-corrected chi connectivity index (χ0v) is 29.0. The number of nitrogens with one attached hydrogen (secondary N) is 2. The summed E-state index contributed by atoms with van der Waals surface area (Å²) in [5.74, 6) is -0.687. The Hall–Kier alpha value is -1.18. The van der Waals surface area contributed by atoms with E-state index >= 15 is 0 Å². The Morgan fingerprint density at radius 3 is 2.12 bits per heavy atom. The van der Waals surface area contributed by atoms with Crippen LogP contribution < -0.4 is 10.0 Å². The quantitative estimate of drug-likeness (QED) is 0.269. The fourth-order valence-corrected chi connectivity index (χ4v) is 10.4. The molecule has 1 aliphatic rings. The van der Waals surface area contributed by atoms with Crippen molar-refractivity contribution in [2.24, 2.45) is 10.8 Å². The van der Waals surface area contributed by atoms with Crippen LogP contribution in [0.15, 0.2) is 14.5 Å². The van der Waals surface area contributed by atoms with Crippen molar-refractivity contribution in [2.75, 3.05) is 12.3 Å². The van der Waals surface area contributed by atoms with Gasteiger partial charge in [-0.2, -0.15) is 4.72 Å². The highest BCUT2D eigenvalue weighted by Gasteiger charge is 2.51. The summed E-state index contributed by atoms with van der Waals surface area (Å²) in [6, 6.07) is 1.13. The standard InChI is InChI=1S/C29H50N2O7S3/c1-12-26(6,7)27(8,9)25(33)29(11,14-3)38-19(5)23(32)28(10,13-2)31-41(36,37)22-18-20-21(30-15-4)16-17-40(34,35)24(20)39-22/h18-19,21,30-31H,12-17H2,1-11H3. The van der Waals surface area contributed by atoms with Gasteiger partial charge < -0.3 is 10.1 Å². The van der Waals surface area contributed by atoms with Gasteiger partial charge in [-0.25, -0.2) is 16.8 Å². The third-order valence-electron chi connectivity index (χ3n) is 9.47. The molecule has 2 heterocycles. The van der Waals surface area contributed by atoms with Gasteiger partial charge in [0, 0.05) is 17.0 Å². The first-order valence-electron chi connectivity index (χ1n) is 14.5. The normalized spacial score (nSPS) is 21.4. The number of Topliss-reactive ketones (excluding diaryl/α,β-unsaturated/α-hetero) is 2. The molecule has 12 heteroatoms. The Bertz CT molecular complexity index is 1350. The molecule has 0 amide bonds. The number of sulfone groups is 1. The molecule has 1 aliphatic heterocycles. The molecule has 9 nitrogen and oxygen atoms in total. The van der Waals surface area contributed by atoms with Gasteiger partial charge in [0.25, 0.3) is 10.0 Å². The van der Waals surface area contributed by atoms with E-state index in [1.54, 1.807) is 20.8 Å². The molecule has 0 saturated carbocycles. The fraction of sp³-hybridized carbons (Fsp3) is 0.793. The lowest BCUT2D eigenvalue weighted by Crippen LogP contribution is -2.58. The predicted molar refractivity (Wildman–Crippen MR) is 164 cm³/mol. The van der Waals surface area contributed by atoms with Crippen LogP contribution in [0.2, 0.25) is 0 Å². The highest BCUT2D eigenvalue weighted by atomic mass is 32.3. The van der Waals surface area contributed by atoms with Gasteiger partial charge in [0.05, 0.1) is 11.3 Å². The Morgan fingerprint density at radius 1 is 1.05 bits per heavy atom. The van der Waals surface area contributed by atoms with Crippen molar-refractivity contribution in [3.63, 3.8) is 0 Å². The van der Waals surface area contributed by atoms with E-state index in [9.17, 15) is 26.4 Å². The molecule has 0 radical (unpaired) electrons. The maximum atomic E-state index is 13.8. The first-order valence-corrected chi connectivity index (χ1v) is 18.4. The number of carbonyl (C=O) groups is 2. The summed E-state index contributed by atoms with van der Waals surface area (Å²) in [6.07, 6.45) is 0.496. The van der Waals surface area contributed by atoms with Crippen molar-refractivity contribution in [1.82, 2.24) is 10.0 Å². The molecular formula is C29H50N2O7S3. The van der Waals surface area contributed by atoms with Crippen LogP contribution >= 0.6 is 11.3 Å². The van der Waals surface area contributed by atoms with E-state index in [0.717, 1.165) is 6.42 Å². The van der Waals surface area contributed by atoms with Crippen LogP contribution in [-0.2, 0) is 34.2 Å². The van der Waals surface area contributed by atoms with Crippen molar-refractivity contribution in [3.8, 4) is 0 Å². The highest BCUT2D eigenvalue weighted by Crippen LogP contribution is 2.46. The summed E-state index contributed by atoms with van der Waals surface area (Å²) in [5.41, 5.74) is -3.43. The van der Waals surface area contributed by atoms with E-state index < -0.39 is 48.3 Å². The lowest BCUT2D eigenvalue weighted by molar-refractivity contribution is -0.170. The van der Waals surface area contributed by atoms with Crippen LogP contribution in [0.5, 0.6) is 0 Å². The fourth-order valence-electron chi connectivity index (χ4n) is 5.21. The minimum absolute atomic E-state index is 0.0474. The summed E-state index contributed by atoms with van der Waals surface area (Å²) in [4.78, 5) is 27.6. The Labute approximate surface area is 251 Å². The molecule has 0 aromatic carbocycles. The van der Waals surface area contributed by atoms with Crippen LogP contribution in [0.4, 0.5) is 0 Å². The molecule has 4 unspecified atom stereocenters. The first-order chi connectivity index (χ1) is 18.6. The third kappa shape index (κ3) is 6.98. The van der Waals surface area contributed by atoms with Crippen LogP contribution in [0.3, 0.4) is 0 Å². The van der Waals surface area contributed by atoms with Crippen molar-refractivity contribution in [2.45, 2.75) is 134 Å². The summed E-state index contributed by atoms with van der Waals surface area (Å²) < 4.78 is 61.3. The van der Waals surface area contributed by atoms with Crippen molar-refractivity contribution >= 4 is 42.8 Å². The minimum Gasteiger partial charge on any atom is -0.357 e. The molecule has 2 rings (SSSR count). The number of hydrogen-bond acceptors (Lipinski definition) is 9. The SMILES string of the molecule is CCNC1CCS(=O)(=O)c2sc(S(=O)(=O)NC(C)(CC)C(=O)C(C)OC(C)(CC)C(=O)C(C)(C)C(C)(C)CC)cc21. The predicted octanol–water partition coefficient (Wildman–Crippen LogP) is 5.20. The number of thiophene rings is 1. The van der Waals surface area contributed by atoms with Crippen LogP contribution in [0.1, 0.15) is 113 Å². The third-order valence-corrected chi connectivity index (χ3v) is 15.1. The van der Waals surface area contributed by atoms with Gasteiger partial charge in [-0.15, -0.1) is 11.3 Å². The maximum absolute atomic E-state index is 13.8. The Morgan fingerprint density at radius 2 is 1.63 bits per heavy atom. The van der Waals surface area contributed by atoms with E-state index in [0.29, 0.717) is 36.3 Å². The molecular weight excluding hydrogens is 585 g/mol. The smallest absolute Gasteiger partial charge is 0.251 e. The average molecular weight is 635 g/mol. The molecule has 0 fully saturated rings. The molecule has 1 aromatic heterocycles. The van der Waals surface area contributed by atoms with E-state index in [2.05, 4.69) is 10.0 Å². The number of sulfonamides is 1. The second-order valence-corrected chi connectivity index (χ2v) is 18.0. The second kappa shape index (κ2) is 12.4. The molecule has 236 valence electrons. The summed E-state index contributed by atoms with van der Waals surface area (Å²) >= 11 is 0.709. The monoisotopic (exact) mass is 634 g/mol. The van der Waals surface area contributed by atoms with Crippen LogP contribution in [0.25, 0.3) is 0 Å². The minimum atomic E-state index is -4.27. The highest BCUT2D eigenvalue weighted by molar-refractivity contribution is 7.95. The molecule has 1 aromatic rings. The topological polar surface area (TPSA) is 136 Å². The van der Waals surface area contributed by atoms with E-state index in [1.165, 1.54) is 13.0 Å². The Kier molecular flexibility index (Phi) is 10.9. The summed E-state index contributed by atoms with van der Waals surface area (Å²) in [5, 5.41) is 3.22. The summed E-state index contributed by atoms with van der Waals surface area (Å²) in [7, 11) is -7.87.